The van der Waals surface area contributed by atoms with Gasteiger partial charge >= 0.3 is 0 Å². The van der Waals surface area contributed by atoms with Gasteiger partial charge < -0.3 is 10.1 Å². The summed E-state index contributed by atoms with van der Waals surface area (Å²) in [4.78, 5) is 0. The first kappa shape index (κ1) is 12.1. The number of ether oxygens (including phenoxy) is 1. The number of nitrogens with one attached hydrogen (secondary N) is 1. The number of piperidine rings is 1. The third-order valence-corrected chi connectivity index (χ3v) is 3.10. The van der Waals surface area contributed by atoms with E-state index in [2.05, 4.69) is 11.4 Å². The summed E-state index contributed by atoms with van der Waals surface area (Å²) in [5, 5.41) is 12.1. The van der Waals surface area contributed by atoms with Crippen LogP contribution in [0.3, 0.4) is 0 Å². The highest BCUT2D eigenvalue weighted by atomic mass is 16.5. The van der Waals surface area contributed by atoms with Gasteiger partial charge in [0.25, 0.3) is 0 Å². The lowest BCUT2D eigenvalue weighted by molar-refractivity contribution is 0.0783. The van der Waals surface area contributed by atoms with E-state index >= 15 is 0 Å². The van der Waals surface area contributed by atoms with Crippen molar-refractivity contribution in [1.82, 2.24) is 5.32 Å². The van der Waals surface area contributed by atoms with Gasteiger partial charge in [-0.1, -0.05) is 12.1 Å². The number of nitriles is 1. The molecule has 2 rings (SSSR count). The molecule has 0 bridgehead atoms. The van der Waals surface area contributed by atoms with Gasteiger partial charge in [0.1, 0.15) is 0 Å². The molecule has 1 atom stereocenters. The fourth-order valence-electron chi connectivity index (χ4n) is 2.09. The minimum Gasteiger partial charge on any atom is -0.376 e. The second-order valence-corrected chi connectivity index (χ2v) is 4.54. The largest absolute Gasteiger partial charge is 0.376 e. The van der Waals surface area contributed by atoms with Crippen molar-refractivity contribution in [2.75, 3.05) is 19.7 Å². The van der Waals surface area contributed by atoms with Crippen LogP contribution in [-0.2, 0) is 11.3 Å². The van der Waals surface area contributed by atoms with E-state index in [1.165, 1.54) is 12.8 Å². The van der Waals surface area contributed by atoms with E-state index < -0.39 is 0 Å². The molecule has 0 aromatic heterocycles. The minimum atomic E-state index is 0.641. The Morgan fingerprint density at radius 1 is 1.35 bits per heavy atom. The maximum absolute atomic E-state index is 8.69. The summed E-state index contributed by atoms with van der Waals surface area (Å²) in [7, 11) is 0. The summed E-state index contributed by atoms with van der Waals surface area (Å²) in [6.45, 7) is 3.69. The first-order valence-electron chi connectivity index (χ1n) is 6.16. The summed E-state index contributed by atoms with van der Waals surface area (Å²) < 4.78 is 5.71. The molecule has 1 heterocycles. The fraction of sp³-hybridized carbons (Fsp3) is 0.500. The van der Waals surface area contributed by atoms with Gasteiger partial charge in [-0.05, 0) is 43.0 Å². The molecule has 0 radical (unpaired) electrons. The van der Waals surface area contributed by atoms with Crippen LogP contribution in [0.1, 0.15) is 24.0 Å². The van der Waals surface area contributed by atoms with Crippen molar-refractivity contribution in [3.8, 4) is 6.07 Å². The lowest BCUT2D eigenvalue weighted by atomic mass is 10.0. The van der Waals surface area contributed by atoms with Crippen LogP contribution in [0.4, 0.5) is 0 Å². The zero-order chi connectivity index (χ0) is 11.9. The van der Waals surface area contributed by atoms with E-state index in [1.54, 1.807) is 0 Å². The molecule has 1 saturated heterocycles. The van der Waals surface area contributed by atoms with Gasteiger partial charge in [-0.2, -0.15) is 5.26 Å². The van der Waals surface area contributed by atoms with Crippen LogP contribution in [0.25, 0.3) is 0 Å². The highest BCUT2D eigenvalue weighted by Crippen LogP contribution is 2.11. The molecule has 1 fully saturated rings. The Morgan fingerprint density at radius 3 is 2.82 bits per heavy atom. The van der Waals surface area contributed by atoms with Crippen molar-refractivity contribution in [1.29, 1.82) is 5.26 Å². The van der Waals surface area contributed by atoms with E-state index in [0.29, 0.717) is 18.1 Å². The van der Waals surface area contributed by atoms with Gasteiger partial charge in [-0.3, -0.25) is 0 Å². The zero-order valence-corrected chi connectivity index (χ0v) is 9.98. The van der Waals surface area contributed by atoms with E-state index in [4.69, 9.17) is 10.00 Å². The van der Waals surface area contributed by atoms with Crippen LogP contribution in [0, 0.1) is 17.2 Å². The molecule has 1 aromatic carbocycles. The van der Waals surface area contributed by atoms with Crippen molar-refractivity contribution >= 4 is 0 Å². The van der Waals surface area contributed by atoms with Crippen molar-refractivity contribution in [2.45, 2.75) is 19.4 Å². The molecule has 0 saturated carbocycles. The molecular weight excluding hydrogens is 212 g/mol. The van der Waals surface area contributed by atoms with Crippen LogP contribution in [0.2, 0.25) is 0 Å². The lowest BCUT2D eigenvalue weighted by Crippen LogP contribution is -2.32. The van der Waals surface area contributed by atoms with E-state index in [-0.39, 0.29) is 0 Å². The van der Waals surface area contributed by atoms with Gasteiger partial charge in [-0.15, -0.1) is 0 Å². The standard InChI is InChI=1S/C14H18N2O/c15-8-12-3-5-13(6-4-12)10-17-11-14-2-1-7-16-9-14/h3-6,14,16H,1-2,7,9-11H2. The third-order valence-electron chi connectivity index (χ3n) is 3.10. The Balaban J connectivity index is 1.72. The first-order chi connectivity index (χ1) is 8.38. The molecule has 3 heteroatoms. The summed E-state index contributed by atoms with van der Waals surface area (Å²) in [5.74, 6) is 0.655. The van der Waals surface area contributed by atoms with Gasteiger partial charge in [0.05, 0.1) is 24.8 Å². The second-order valence-electron chi connectivity index (χ2n) is 4.54. The van der Waals surface area contributed by atoms with Crippen LogP contribution in [0.5, 0.6) is 0 Å². The Labute approximate surface area is 102 Å². The maximum atomic E-state index is 8.69. The molecule has 0 aliphatic carbocycles. The highest BCUT2D eigenvalue weighted by molar-refractivity contribution is 5.31. The molecule has 3 nitrogen and oxygen atoms in total. The Kier molecular flexibility index (Phi) is 4.54. The van der Waals surface area contributed by atoms with Crippen molar-refractivity contribution in [3.63, 3.8) is 0 Å². The minimum absolute atomic E-state index is 0.641. The van der Waals surface area contributed by atoms with E-state index in [1.807, 2.05) is 24.3 Å². The SMILES string of the molecule is N#Cc1ccc(COCC2CCCNC2)cc1. The summed E-state index contributed by atoms with van der Waals surface area (Å²) in [6.07, 6.45) is 2.52. The predicted octanol–water partition coefficient (Wildman–Crippen LogP) is 2.07. The number of hydrogen-bond acceptors (Lipinski definition) is 3. The summed E-state index contributed by atoms with van der Waals surface area (Å²) >= 11 is 0. The average molecular weight is 230 g/mol. The molecule has 17 heavy (non-hydrogen) atoms. The van der Waals surface area contributed by atoms with Crippen molar-refractivity contribution in [3.05, 3.63) is 35.4 Å². The monoisotopic (exact) mass is 230 g/mol. The average Bonchev–Trinajstić information content (AvgIpc) is 2.41. The van der Waals surface area contributed by atoms with Crippen LogP contribution in [-0.4, -0.2) is 19.7 Å². The predicted molar refractivity (Wildman–Crippen MR) is 66.4 cm³/mol. The molecule has 1 aliphatic heterocycles. The van der Waals surface area contributed by atoms with Crippen molar-refractivity contribution < 1.29 is 4.74 Å². The lowest BCUT2D eigenvalue weighted by Gasteiger charge is -2.22. The fourth-order valence-corrected chi connectivity index (χ4v) is 2.09. The van der Waals surface area contributed by atoms with E-state index in [0.717, 1.165) is 25.3 Å². The van der Waals surface area contributed by atoms with Crippen LogP contribution in [0.15, 0.2) is 24.3 Å². The van der Waals surface area contributed by atoms with Gasteiger partial charge in [0.15, 0.2) is 0 Å². The smallest absolute Gasteiger partial charge is 0.0991 e. The van der Waals surface area contributed by atoms with Crippen LogP contribution < -0.4 is 5.32 Å². The van der Waals surface area contributed by atoms with Gasteiger partial charge in [0, 0.05) is 6.54 Å². The Morgan fingerprint density at radius 2 is 2.18 bits per heavy atom. The summed E-state index contributed by atoms with van der Waals surface area (Å²) in [5.41, 5.74) is 1.83. The Bertz CT molecular complexity index is 374. The van der Waals surface area contributed by atoms with Crippen molar-refractivity contribution in [2.24, 2.45) is 5.92 Å². The van der Waals surface area contributed by atoms with Crippen LogP contribution >= 0.6 is 0 Å². The molecule has 90 valence electrons. The topological polar surface area (TPSA) is 45.0 Å². The molecule has 1 unspecified atom stereocenters. The van der Waals surface area contributed by atoms with Gasteiger partial charge in [-0.25, -0.2) is 0 Å². The second kappa shape index (κ2) is 6.39. The van der Waals surface area contributed by atoms with E-state index in [9.17, 15) is 0 Å². The number of hydrogen-bond donors (Lipinski definition) is 1. The normalized spacial score (nSPS) is 19.8. The quantitative estimate of drug-likeness (QED) is 0.861. The molecule has 1 aromatic rings. The number of nitrogens with zero attached hydrogens (tertiary/aromatic N) is 1. The molecule has 0 spiro atoms. The number of benzene rings is 1. The highest BCUT2D eigenvalue weighted by Gasteiger charge is 2.12. The molecular formula is C14H18N2O. The van der Waals surface area contributed by atoms with Gasteiger partial charge in [0.2, 0.25) is 0 Å². The first-order valence-corrected chi connectivity index (χ1v) is 6.16. The maximum Gasteiger partial charge on any atom is 0.0991 e. The molecule has 1 N–H and O–H groups in total. The zero-order valence-electron chi connectivity index (χ0n) is 9.98. The molecule has 0 amide bonds. The summed E-state index contributed by atoms with van der Waals surface area (Å²) in [6, 6.07) is 9.69. The molecule has 1 aliphatic rings. The number of rotatable bonds is 4. The third kappa shape index (κ3) is 3.85. The Hall–Kier alpha value is -1.37.